The molecular formula is C7H10Cl2O. The van der Waals surface area contributed by atoms with Crippen LogP contribution in [0.25, 0.3) is 0 Å². The molecule has 0 unspecified atom stereocenters. The Morgan fingerprint density at radius 2 is 2.00 bits per heavy atom. The third-order valence-corrected chi connectivity index (χ3v) is 3.76. The minimum Gasteiger partial charge on any atom is -0.393 e. The predicted molar refractivity (Wildman–Crippen MR) is 41.3 cm³/mol. The third-order valence-electron chi connectivity index (χ3n) is 2.69. The second kappa shape index (κ2) is 2.02. The molecule has 0 heterocycles. The van der Waals surface area contributed by atoms with Crippen LogP contribution in [0.1, 0.15) is 19.3 Å². The lowest BCUT2D eigenvalue weighted by atomic mass is 9.98. The van der Waals surface area contributed by atoms with Crippen LogP contribution in [-0.4, -0.2) is 15.5 Å². The minimum absolute atomic E-state index is 0.171. The van der Waals surface area contributed by atoms with Crippen molar-refractivity contribution in [3.05, 3.63) is 0 Å². The van der Waals surface area contributed by atoms with Gasteiger partial charge in [-0.2, -0.15) is 0 Å². The molecule has 0 aliphatic heterocycles. The van der Waals surface area contributed by atoms with E-state index in [1.54, 1.807) is 0 Å². The first kappa shape index (κ1) is 7.20. The molecule has 0 amide bonds. The first-order chi connectivity index (χ1) is 4.64. The van der Waals surface area contributed by atoms with E-state index in [2.05, 4.69) is 0 Å². The highest BCUT2D eigenvalue weighted by Gasteiger charge is 2.66. The summed E-state index contributed by atoms with van der Waals surface area (Å²) in [5.41, 5.74) is 0. The molecule has 1 nitrogen and oxygen atoms in total. The van der Waals surface area contributed by atoms with Gasteiger partial charge in [0.25, 0.3) is 0 Å². The summed E-state index contributed by atoms with van der Waals surface area (Å²) in [7, 11) is 0. The van der Waals surface area contributed by atoms with Crippen molar-refractivity contribution in [3.63, 3.8) is 0 Å². The van der Waals surface area contributed by atoms with Gasteiger partial charge in [-0.15, -0.1) is 23.2 Å². The van der Waals surface area contributed by atoms with Crippen molar-refractivity contribution in [1.82, 2.24) is 0 Å². The molecule has 0 aromatic heterocycles. The largest absolute Gasteiger partial charge is 0.393 e. The first-order valence-electron chi connectivity index (χ1n) is 3.70. The highest BCUT2D eigenvalue weighted by molar-refractivity contribution is 6.51. The highest BCUT2D eigenvalue weighted by Crippen LogP contribution is 2.65. The van der Waals surface area contributed by atoms with E-state index in [1.807, 2.05) is 0 Å². The molecule has 2 aliphatic rings. The molecule has 0 aromatic rings. The zero-order chi connectivity index (χ0) is 7.35. The highest BCUT2D eigenvalue weighted by atomic mass is 35.5. The summed E-state index contributed by atoms with van der Waals surface area (Å²) in [5.74, 6) is 0.546. The Hall–Kier alpha value is 0.540. The van der Waals surface area contributed by atoms with Gasteiger partial charge in [-0.05, 0) is 12.8 Å². The molecule has 2 saturated carbocycles. The van der Waals surface area contributed by atoms with E-state index in [9.17, 15) is 5.11 Å². The summed E-state index contributed by atoms with van der Waals surface area (Å²) >= 11 is 11.8. The second-order valence-corrected chi connectivity index (χ2v) is 4.75. The van der Waals surface area contributed by atoms with E-state index >= 15 is 0 Å². The summed E-state index contributed by atoms with van der Waals surface area (Å²) in [6.07, 6.45) is 2.80. The van der Waals surface area contributed by atoms with Crippen LogP contribution < -0.4 is 0 Å². The smallest absolute Gasteiger partial charge is 0.127 e. The van der Waals surface area contributed by atoms with Gasteiger partial charge in [0.1, 0.15) is 4.33 Å². The number of fused-ring (bicyclic) bond motifs is 1. The zero-order valence-electron chi connectivity index (χ0n) is 5.56. The number of aliphatic hydroxyl groups excluding tert-OH is 1. The van der Waals surface area contributed by atoms with Crippen LogP contribution in [-0.2, 0) is 0 Å². The van der Waals surface area contributed by atoms with Gasteiger partial charge in [-0.1, -0.05) is 6.42 Å². The molecule has 2 aliphatic carbocycles. The fraction of sp³-hybridized carbons (Fsp3) is 1.00. The van der Waals surface area contributed by atoms with Crippen molar-refractivity contribution in [3.8, 4) is 0 Å². The molecule has 0 aromatic carbocycles. The lowest BCUT2D eigenvalue weighted by molar-refractivity contribution is 0.115. The maximum atomic E-state index is 9.39. The summed E-state index contributed by atoms with van der Waals surface area (Å²) in [4.78, 5) is 0. The SMILES string of the molecule is O[C@@H]1CCC[C@@H]2[C@H]1C2(Cl)Cl. The maximum Gasteiger partial charge on any atom is 0.127 e. The van der Waals surface area contributed by atoms with Crippen molar-refractivity contribution < 1.29 is 5.11 Å². The van der Waals surface area contributed by atoms with Gasteiger partial charge in [0.15, 0.2) is 0 Å². The van der Waals surface area contributed by atoms with Crippen LogP contribution in [0.2, 0.25) is 0 Å². The van der Waals surface area contributed by atoms with Gasteiger partial charge in [0.05, 0.1) is 6.10 Å². The molecule has 0 bridgehead atoms. The molecular weight excluding hydrogens is 171 g/mol. The molecule has 58 valence electrons. The fourth-order valence-corrected chi connectivity index (χ4v) is 3.00. The van der Waals surface area contributed by atoms with Crippen LogP contribution >= 0.6 is 23.2 Å². The molecule has 3 atom stereocenters. The van der Waals surface area contributed by atoms with E-state index < -0.39 is 4.33 Å². The summed E-state index contributed by atoms with van der Waals surface area (Å²) < 4.78 is -0.587. The molecule has 0 spiro atoms. The van der Waals surface area contributed by atoms with E-state index in [-0.39, 0.29) is 12.0 Å². The summed E-state index contributed by atoms with van der Waals surface area (Å²) in [6, 6.07) is 0. The Labute approximate surface area is 70.3 Å². The van der Waals surface area contributed by atoms with Gasteiger partial charge in [-0.25, -0.2) is 0 Å². The van der Waals surface area contributed by atoms with Gasteiger partial charge >= 0.3 is 0 Å². The monoisotopic (exact) mass is 180 g/mol. The molecule has 2 fully saturated rings. The molecule has 0 saturated heterocycles. The van der Waals surface area contributed by atoms with Crippen LogP contribution in [0.3, 0.4) is 0 Å². The Morgan fingerprint density at radius 3 is 2.50 bits per heavy atom. The number of aliphatic hydroxyl groups is 1. The van der Waals surface area contributed by atoms with E-state index in [1.165, 1.54) is 0 Å². The molecule has 2 rings (SSSR count). The van der Waals surface area contributed by atoms with Crippen LogP contribution in [0, 0.1) is 11.8 Å². The maximum absolute atomic E-state index is 9.39. The number of hydrogen-bond donors (Lipinski definition) is 1. The summed E-state index contributed by atoms with van der Waals surface area (Å²) in [6.45, 7) is 0. The van der Waals surface area contributed by atoms with E-state index in [4.69, 9.17) is 23.2 Å². The average Bonchev–Trinajstić information content (AvgIpc) is 2.38. The normalized spacial score (nSPS) is 50.1. The Kier molecular flexibility index (Phi) is 1.46. The summed E-state index contributed by atoms with van der Waals surface area (Å²) in [5, 5.41) is 9.39. The number of rotatable bonds is 0. The topological polar surface area (TPSA) is 20.2 Å². The lowest BCUT2D eigenvalue weighted by Gasteiger charge is -2.13. The quantitative estimate of drug-likeness (QED) is 0.566. The zero-order valence-corrected chi connectivity index (χ0v) is 7.07. The van der Waals surface area contributed by atoms with Gasteiger partial charge in [0.2, 0.25) is 0 Å². The molecule has 10 heavy (non-hydrogen) atoms. The molecule has 3 heteroatoms. The number of alkyl halides is 2. The van der Waals surface area contributed by atoms with Crippen LogP contribution in [0.4, 0.5) is 0 Å². The van der Waals surface area contributed by atoms with Crippen molar-refractivity contribution >= 4 is 23.2 Å². The number of halogens is 2. The first-order valence-corrected chi connectivity index (χ1v) is 4.45. The Bertz CT molecular complexity index is 158. The van der Waals surface area contributed by atoms with Gasteiger partial charge in [-0.3, -0.25) is 0 Å². The number of hydrogen-bond acceptors (Lipinski definition) is 1. The Morgan fingerprint density at radius 1 is 1.30 bits per heavy atom. The van der Waals surface area contributed by atoms with Crippen molar-refractivity contribution in [2.75, 3.05) is 0 Å². The fourth-order valence-electron chi connectivity index (χ4n) is 2.04. The molecule has 0 radical (unpaired) electrons. The Balaban J connectivity index is 2.11. The second-order valence-electron chi connectivity index (χ2n) is 3.31. The molecule has 1 N–H and O–H groups in total. The van der Waals surface area contributed by atoms with Crippen molar-refractivity contribution in [2.24, 2.45) is 11.8 Å². The third kappa shape index (κ3) is 0.806. The van der Waals surface area contributed by atoms with Gasteiger partial charge in [0, 0.05) is 11.8 Å². The van der Waals surface area contributed by atoms with E-state index in [0.29, 0.717) is 5.92 Å². The van der Waals surface area contributed by atoms with Crippen LogP contribution in [0.5, 0.6) is 0 Å². The van der Waals surface area contributed by atoms with Crippen molar-refractivity contribution in [2.45, 2.75) is 29.7 Å². The van der Waals surface area contributed by atoms with Gasteiger partial charge < -0.3 is 5.11 Å². The predicted octanol–water partition coefficient (Wildman–Crippen LogP) is 1.95. The van der Waals surface area contributed by atoms with E-state index in [0.717, 1.165) is 19.3 Å². The average molecular weight is 181 g/mol. The lowest BCUT2D eigenvalue weighted by Crippen LogP contribution is -2.15. The van der Waals surface area contributed by atoms with Crippen molar-refractivity contribution in [1.29, 1.82) is 0 Å². The van der Waals surface area contributed by atoms with Crippen LogP contribution in [0.15, 0.2) is 0 Å². The minimum atomic E-state index is -0.587. The standard InChI is InChI=1S/C7H10Cl2O/c8-7(9)4-2-1-3-5(10)6(4)7/h4-6,10H,1-3H2/t4-,5-,6-/m1/s1.